The van der Waals surface area contributed by atoms with Gasteiger partial charge in [0.2, 0.25) is 5.91 Å². The fourth-order valence-corrected chi connectivity index (χ4v) is 1.42. The van der Waals surface area contributed by atoms with Crippen LogP contribution >= 0.6 is 0 Å². The SMILES string of the molecule is CC(C)CC(=O)Nc1ccc(C#CCN)c(F)c1. The zero-order valence-electron chi connectivity index (χ0n) is 10.6. The summed E-state index contributed by atoms with van der Waals surface area (Å²) in [5, 5.41) is 2.65. The molecule has 0 saturated carbocycles. The van der Waals surface area contributed by atoms with Gasteiger partial charge in [0.05, 0.1) is 12.1 Å². The van der Waals surface area contributed by atoms with Crippen molar-refractivity contribution in [3.63, 3.8) is 0 Å². The molecule has 4 heteroatoms. The summed E-state index contributed by atoms with van der Waals surface area (Å²) in [5.41, 5.74) is 5.94. The zero-order valence-corrected chi connectivity index (χ0v) is 10.6. The number of halogens is 1. The van der Waals surface area contributed by atoms with Crippen LogP contribution in [-0.4, -0.2) is 12.5 Å². The summed E-state index contributed by atoms with van der Waals surface area (Å²) in [7, 11) is 0. The number of rotatable bonds is 3. The van der Waals surface area contributed by atoms with Crippen molar-refractivity contribution in [1.29, 1.82) is 0 Å². The van der Waals surface area contributed by atoms with E-state index in [2.05, 4.69) is 17.2 Å². The molecule has 0 aliphatic rings. The first-order valence-corrected chi connectivity index (χ1v) is 5.81. The van der Waals surface area contributed by atoms with Gasteiger partial charge in [0.25, 0.3) is 0 Å². The highest BCUT2D eigenvalue weighted by Crippen LogP contribution is 2.14. The second-order valence-corrected chi connectivity index (χ2v) is 4.35. The molecule has 0 spiro atoms. The number of hydrogen-bond acceptors (Lipinski definition) is 2. The van der Waals surface area contributed by atoms with Crippen LogP contribution in [0.2, 0.25) is 0 Å². The summed E-state index contributed by atoms with van der Waals surface area (Å²) < 4.78 is 13.6. The van der Waals surface area contributed by atoms with Gasteiger partial charge < -0.3 is 11.1 Å². The van der Waals surface area contributed by atoms with Gasteiger partial charge in [-0.2, -0.15) is 0 Å². The van der Waals surface area contributed by atoms with Crippen LogP contribution in [0.25, 0.3) is 0 Å². The van der Waals surface area contributed by atoms with Gasteiger partial charge in [-0.1, -0.05) is 25.7 Å². The lowest BCUT2D eigenvalue weighted by Crippen LogP contribution is -2.14. The second-order valence-electron chi connectivity index (χ2n) is 4.35. The first-order valence-electron chi connectivity index (χ1n) is 5.81. The number of hydrogen-bond donors (Lipinski definition) is 2. The first-order chi connectivity index (χ1) is 8.52. The van der Waals surface area contributed by atoms with E-state index in [4.69, 9.17) is 5.73 Å². The van der Waals surface area contributed by atoms with Gasteiger partial charge in [-0.3, -0.25) is 4.79 Å². The maximum Gasteiger partial charge on any atom is 0.224 e. The summed E-state index contributed by atoms with van der Waals surface area (Å²) >= 11 is 0. The van der Waals surface area contributed by atoms with Gasteiger partial charge >= 0.3 is 0 Å². The Hall–Kier alpha value is -1.86. The third-order valence-electron chi connectivity index (χ3n) is 2.17. The Morgan fingerprint density at radius 2 is 2.22 bits per heavy atom. The molecule has 0 aliphatic carbocycles. The number of carbonyl (C=O) groups excluding carboxylic acids is 1. The molecule has 3 nitrogen and oxygen atoms in total. The van der Waals surface area contributed by atoms with Gasteiger partial charge in [0, 0.05) is 12.1 Å². The standard InChI is InChI=1S/C14H17FN2O/c1-10(2)8-14(18)17-12-6-5-11(4-3-7-16)13(15)9-12/h5-6,9-10H,7-8,16H2,1-2H3,(H,17,18). The molecule has 1 rings (SSSR count). The number of nitrogens with two attached hydrogens (primary N) is 1. The molecule has 18 heavy (non-hydrogen) atoms. The van der Waals surface area contributed by atoms with Crippen LogP contribution < -0.4 is 11.1 Å². The molecule has 0 aliphatic heterocycles. The summed E-state index contributed by atoms with van der Waals surface area (Å²) in [4.78, 5) is 11.5. The topological polar surface area (TPSA) is 55.1 Å². The van der Waals surface area contributed by atoms with Crippen LogP contribution in [0.5, 0.6) is 0 Å². The average molecular weight is 248 g/mol. The van der Waals surface area contributed by atoms with Gasteiger partial charge in [0.1, 0.15) is 5.82 Å². The summed E-state index contributed by atoms with van der Waals surface area (Å²) in [6.07, 6.45) is 0.413. The van der Waals surface area contributed by atoms with E-state index in [0.29, 0.717) is 12.1 Å². The van der Waals surface area contributed by atoms with Crippen molar-refractivity contribution in [3.8, 4) is 11.8 Å². The molecule has 96 valence electrons. The second kappa shape index (κ2) is 6.77. The minimum atomic E-state index is -0.460. The molecule has 0 radical (unpaired) electrons. The van der Waals surface area contributed by atoms with Crippen molar-refractivity contribution in [2.45, 2.75) is 20.3 Å². The van der Waals surface area contributed by atoms with Crippen molar-refractivity contribution >= 4 is 11.6 Å². The molecule has 0 aromatic heterocycles. The van der Waals surface area contributed by atoms with Crippen LogP contribution in [0, 0.1) is 23.6 Å². The zero-order chi connectivity index (χ0) is 13.5. The molecular formula is C14H17FN2O. The highest BCUT2D eigenvalue weighted by Gasteiger charge is 2.07. The van der Waals surface area contributed by atoms with Crippen molar-refractivity contribution in [1.82, 2.24) is 0 Å². The van der Waals surface area contributed by atoms with Gasteiger partial charge in [0.15, 0.2) is 0 Å². The molecule has 0 unspecified atom stereocenters. The molecule has 1 aromatic rings. The van der Waals surface area contributed by atoms with Gasteiger partial charge in [-0.25, -0.2) is 4.39 Å². The highest BCUT2D eigenvalue weighted by molar-refractivity contribution is 5.90. The van der Waals surface area contributed by atoms with Crippen LogP contribution in [0.3, 0.4) is 0 Å². The summed E-state index contributed by atoms with van der Waals surface area (Å²) in [6.45, 7) is 4.09. The predicted molar refractivity (Wildman–Crippen MR) is 70.4 cm³/mol. The molecule has 0 heterocycles. The smallest absolute Gasteiger partial charge is 0.224 e. The number of amides is 1. The molecule has 0 saturated heterocycles. The van der Waals surface area contributed by atoms with Gasteiger partial charge in [-0.05, 0) is 24.1 Å². The van der Waals surface area contributed by atoms with Crippen LogP contribution in [-0.2, 0) is 4.79 Å². The van der Waals surface area contributed by atoms with Gasteiger partial charge in [-0.15, -0.1) is 0 Å². The van der Waals surface area contributed by atoms with E-state index in [1.54, 1.807) is 6.07 Å². The molecule has 0 atom stereocenters. The van der Waals surface area contributed by atoms with E-state index in [9.17, 15) is 9.18 Å². The van der Waals surface area contributed by atoms with E-state index in [0.717, 1.165) is 0 Å². The molecule has 1 aromatic carbocycles. The first kappa shape index (κ1) is 14.2. The third-order valence-corrected chi connectivity index (χ3v) is 2.17. The van der Waals surface area contributed by atoms with E-state index in [1.807, 2.05) is 13.8 Å². The van der Waals surface area contributed by atoms with E-state index in [1.165, 1.54) is 12.1 Å². The quantitative estimate of drug-likeness (QED) is 0.805. The average Bonchev–Trinajstić information content (AvgIpc) is 2.26. The Kier molecular flexibility index (Phi) is 5.34. The van der Waals surface area contributed by atoms with E-state index < -0.39 is 5.82 Å². The van der Waals surface area contributed by atoms with Crippen LogP contribution in [0.4, 0.5) is 10.1 Å². The number of benzene rings is 1. The van der Waals surface area contributed by atoms with Crippen molar-refractivity contribution in [3.05, 3.63) is 29.6 Å². The van der Waals surface area contributed by atoms with Crippen molar-refractivity contribution < 1.29 is 9.18 Å². The molecule has 0 bridgehead atoms. The normalized spacial score (nSPS) is 9.83. The number of carbonyl (C=O) groups is 1. The Labute approximate surface area is 107 Å². The predicted octanol–water partition coefficient (Wildman–Crippen LogP) is 2.12. The monoisotopic (exact) mass is 248 g/mol. The molecule has 3 N–H and O–H groups in total. The number of nitrogens with one attached hydrogen (secondary N) is 1. The Morgan fingerprint density at radius 3 is 2.78 bits per heavy atom. The molecule has 0 fully saturated rings. The van der Waals surface area contributed by atoms with Crippen molar-refractivity contribution in [2.75, 3.05) is 11.9 Å². The highest BCUT2D eigenvalue weighted by atomic mass is 19.1. The maximum absolute atomic E-state index is 13.6. The molecule has 1 amide bonds. The lowest BCUT2D eigenvalue weighted by atomic mass is 10.1. The Bertz CT molecular complexity index is 486. The van der Waals surface area contributed by atoms with E-state index in [-0.39, 0.29) is 23.9 Å². The van der Waals surface area contributed by atoms with Crippen molar-refractivity contribution in [2.24, 2.45) is 11.7 Å². The Balaban J connectivity index is 2.75. The number of anilines is 1. The van der Waals surface area contributed by atoms with Crippen LogP contribution in [0.15, 0.2) is 18.2 Å². The fraction of sp³-hybridized carbons (Fsp3) is 0.357. The lowest BCUT2D eigenvalue weighted by Gasteiger charge is -2.07. The van der Waals surface area contributed by atoms with Crippen LogP contribution in [0.1, 0.15) is 25.8 Å². The molecular weight excluding hydrogens is 231 g/mol. The third kappa shape index (κ3) is 4.56. The minimum absolute atomic E-state index is 0.120. The lowest BCUT2D eigenvalue weighted by molar-refractivity contribution is -0.116. The fourth-order valence-electron chi connectivity index (χ4n) is 1.42. The Morgan fingerprint density at radius 1 is 1.50 bits per heavy atom. The summed E-state index contributed by atoms with van der Waals surface area (Å²) in [5.74, 6) is 4.89. The largest absolute Gasteiger partial charge is 0.326 e. The van der Waals surface area contributed by atoms with E-state index >= 15 is 0 Å². The summed E-state index contributed by atoms with van der Waals surface area (Å²) in [6, 6.07) is 4.42. The minimum Gasteiger partial charge on any atom is -0.326 e. The maximum atomic E-state index is 13.6.